The van der Waals surface area contributed by atoms with Crippen molar-refractivity contribution >= 4 is 15.6 Å². The fourth-order valence-corrected chi connectivity index (χ4v) is 0. The second-order valence-corrected chi connectivity index (χ2v) is 3.08. The van der Waals surface area contributed by atoms with Gasteiger partial charge >= 0.3 is 15.6 Å². The summed E-state index contributed by atoms with van der Waals surface area (Å²) < 4.78 is 17.8. The van der Waals surface area contributed by atoms with Crippen molar-refractivity contribution in [2.24, 2.45) is 0 Å². The van der Waals surface area contributed by atoms with E-state index in [-0.39, 0.29) is 7.43 Å². The van der Waals surface area contributed by atoms with Crippen molar-refractivity contribution in [3.63, 3.8) is 0 Å². The van der Waals surface area contributed by atoms with E-state index in [1.54, 1.807) is 0 Å². The Morgan fingerprint density at radius 1 is 0.636 bits per heavy atom. The van der Waals surface area contributed by atoms with Crippen molar-refractivity contribution in [3.8, 4) is 0 Å². The van der Waals surface area contributed by atoms with Crippen molar-refractivity contribution in [2.75, 3.05) is 0 Å². The van der Waals surface area contributed by atoms with E-state index >= 15 is 0 Å². The van der Waals surface area contributed by atoms with Gasteiger partial charge in [0.15, 0.2) is 0 Å². The highest BCUT2D eigenvalue weighted by molar-refractivity contribution is 7.45. The average Bonchev–Trinajstić information content (AvgIpc) is 1.12. The summed E-state index contributed by atoms with van der Waals surface area (Å²) in [4.78, 5) is 43.1. The SMILES string of the molecule is C.O=P(O)(O)O.O=P(O)(O)O. The summed E-state index contributed by atoms with van der Waals surface area (Å²) in [5.74, 6) is 0. The van der Waals surface area contributed by atoms with Crippen LogP contribution in [0.25, 0.3) is 0 Å². The van der Waals surface area contributed by atoms with Crippen LogP contribution in [0.3, 0.4) is 0 Å². The van der Waals surface area contributed by atoms with Crippen LogP contribution < -0.4 is 0 Å². The van der Waals surface area contributed by atoms with E-state index in [4.69, 9.17) is 38.5 Å². The predicted molar refractivity (Wildman–Crippen MR) is 35.3 cm³/mol. The molecule has 0 heterocycles. The minimum atomic E-state index is -4.64. The Morgan fingerprint density at radius 3 is 0.636 bits per heavy atom. The van der Waals surface area contributed by atoms with Crippen LogP contribution in [0, 0.1) is 0 Å². The summed E-state index contributed by atoms with van der Waals surface area (Å²) in [5.41, 5.74) is 0. The Kier molecular flexibility index (Phi) is 9.17. The lowest BCUT2D eigenvalue weighted by molar-refractivity contribution is 0.272. The van der Waals surface area contributed by atoms with Crippen LogP contribution in [0.15, 0.2) is 0 Å². The summed E-state index contributed by atoms with van der Waals surface area (Å²) in [5, 5.41) is 0. The van der Waals surface area contributed by atoms with E-state index in [9.17, 15) is 0 Å². The molecule has 0 amide bonds. The van der Waals surface area contributed by atoms with Gasteiger partial charge in [0.25, 0.3) is 0 Å². The van der Waals surface area contributed by atoms with Gasteiger partial charge in [-0.15, -0.1) is 0 Å². The molecule has 0 aliphatic carbocycles. The Bertz CT molecular complexity index is 124. The van der Waals surface area contributed by atoms with Crippen LogP contribution in [0.2, 0.25) is 0 Å². The van der Waals surface area contributed by atoms with Crippen LogP contribution >= 0.6 is 15.6 Å². The molecule has 10 heteroatoms. The molecule has 0 spiro atoms. The van der Waals surface area contributed by atoms with Crippen LogP contribution in [0.1, 0.15) is 7.43 Å². The molecule has 0 unspecified atom stereocenters. The topological polar surface area (TPSA) is 156 Å². The summed E-state index contributed by atoms with van der Waals surface area (Å²) in [6.07, 6.45) is 0. The van der Waals surface area contributed by atoms with Gasteiger partial charge in [-0.1, -0.05) is 7.43 Å². The molecule has 0 radical (unpaired) electrons. The fraction of sp³-hybridized carbons (Fsp3) is 1.00. The first-order chi connectivity index (χ1) is 4.00. The molecule has 0 fully saturated rings. The Labute approximate surface area is 62.6 Å². The van der Waals surface area contributed by atoms with Gasteiger partial charge in [-0.2, -0.15) is 0 Å². The standard InChI is InChI=1S/CH4.2H3O4P/c;2*1-5(2,3)4/h1H4;2*(H3,1,2,3,4). The lowest BCUT2D eigenvalue weighted by atomic mass is 12.0. The molecular formula is CH10O8P2. The third-order valence-corrected chi connectivity index (χ3v) is 0. The van der Waals surface area contributed by atoms with Gasteiger partial charge in [0, 0.05) is 0 Å². The van der Waals surface area contributed by atoms with Crippen molar-refractivity contribution in [3.05, 3.63) is 0 Å². The predicted octanol–water partition coefficient (Wildman–Crippen LogP) is -1.22. The molecule has 0 aromatic carbocycles. The molecule has 0 atom stereocenters. The van der Waals surface area contributed by atoms with E-state index in [1.165, 1.54) is 0 Å². The molecule has 0 aromatic heterocycles. The van der Waals surface area contributed by atoms with Gasteiger partial charge in [0.2, 0.25) is 0 Å². The van der Waals surface area contributed by atoms with Gasteiger partial charge in [0.05, 0.1) is 0 Å². The average molecular weight is 212 g/mol. The molecule has 8 nitrogen and oxygen atoms in total. The summed E-state index contributed by atoms with van der Waals surface area (Å²) >= 11 is 0. The minimum absolute atomic E-state index is 0. The van der Waals surface area contributed by atoms with E-state index < -0.39 is 15.6 Å². The van der Waals surface area contributed by atoms with E-state index in [2.05, 4.69) is 0 Å². The van der Waals surface area contributed by atoms with Crippen LogP contribution in [-0.4, -0.2) is 29.4 Å². The largest absolute Gasteiger partial charge is 0.466 e. The van der Waals surface area contributed by atoms with Crippen LogP contribution in [0.4, 0.5) is 0 Å². The third-order valence-electron chi connectivity index (χ3n) is 0. The van der Waals surface area contributed by atoms with E-state index in [0.29, 0.717) is 0 Å². The summed E-state index contributed by atoms with van der Waals surface area (Å²) in [6, 6.07) is 0. The molecule has 0 rings (SSSR count). The minimum Gasteiger partial charge on any atom is -0.303 e. The zero-order chi connectivity index (χ0) is 9.00. The number of hydrogen-bond acceptors (Lipinski definition) is 2. The summed E-state index contributed by atoms with van der Waals surface area (Å²) in [7, 11) is -9.28. The maximum absolute atomic E-state index is 8.88. The van der Waals surface area contributed by atoms with Gasteiger partial charge in [-0.25, -0.2) is 9.13 Å². The zero-order valence-corrected chi connectivity index (χ0v) is 6.18. The van der Waals surface area contributed by atoms with Crippen LogP contribution in [-0.2, 0) is 9.13 Å². The van der Waals surface area contributed by atoms with Crippen LogP contribution in [0.5, 0.6) is 0 Å². The van der Waals surface area contributed by atoms with Crippen molar-refractivity contribution in [2.45, 2.75) is 7.43 Å². The molecule has 0 aliphatic heterocycles. The maximum atomic E-state index is 8.88. The van der Waals surface area contributed by atoms with Gasteiger partial charge in [0.1, 0.15) is 0 Å². The first-order valence-corrected chi connectivity index (χ1v) is 4.70. The van der Waals surface area contributed by atoms with Gasteiger partial charge < -0.3 is 29.4 Å². The van der Waals surface area contributed by atoms with E-state index in [1.807, 2.05) is 0 Å². The lowest BCUT2D eigenvalue weighted by Crippen LogP contribution is -1.66. The highest BCUT2D eigenvalue weighted by atomic mass is 31.2. The quantitative estimate of drug-likeness (QED) is 0.273. The first kappa shape index (κ1) is 17.3. The normalized spacial score (nSPS) is 10.7. The highest BCUT2D eigenvalue weighted by Gasteiger charge is 2.00. The fourth-order valence-electron chi connectivity index (χ4n) is 0. The second-order valence-electron chi connectivity index (χ2n) is 1.03. The zero-order valence-electron chi connectivity index (χ0n) is 4.39. The van der Waals surface area contributed by atoms with Crippen molar-refractivity contribution in [1.82, 2.24) is 0 Å². The monoisotopic (exact) mass is 212 g/mol. The Morgan fingerprint density at radius 2 is 0.636 bits per heavy atom. The number of rotatable bonds is 0. The molecule has 72 valence electrons. The van der Waals surface area contributed by atoms with Gasteiger partial charge in [-0.3, -0.25) is 0 Å². The van der Waals surface area contributed by atoms with Crippen molar-refractivity contribution < 1.29 is 38.5 Å². The Hall–Kier alpha value is 0.220. The molecule has 0 aromatic rings. The smallest absolute Gasteiger partial charge is 0.303 e. The summed E-state index contributed by atoms with van der Waals surface area (Å²) in [6.45, 7) is 0. The maximum Gasteiger partial charge on any atom is 0.466 e. The van der Waals surface area contributed by atoms with Crippen molar-refractivity contribution in [1.29, 1.82) is 0 Å². The third kappa shape index (κ3) is 14300. The molecular weight excluding hydrogens is 202 g/mol. The number of hydrogen-bond donors (Lipinski definition) is 6. The van der Waals surface area contributed by atoms with E-state index in [0.717, 1.165) is 0 Å². The highest BCUT2D eigenvalue weighted by Crippen LogP contribution is 2.26. The van der Waals surface area contributed by atoms with Gasteiger partial charge in [-0.05, 0) is 0 Å². The molecule has 0 bridgehead atoms. The molecule has 11 heavy (non-hydrogen) atoms. The number of phosphoric acid groups is 2. The lowest BCUT2D eigenvalue weighted by Gasteiger charge is -1.82. The molecule has 0 aliphatic rings. The first-order valence-electron chi connectivity index (χ1n) is 1.57. The Balaban J connectivity index is -0.000000107. The molecule has 6 N–H and O–H groups in total. The second kappa shape index (κ2) is 5.82. The molecule has 0 saturated carbocycles. The molecule has 0 saturated heterocycles.